The van der Waals surface area contributed by atoms with Crippen molar-refractivity contribution in [3.8, 4) is 5.75 Å². The van der Waals surface area contributed by atoms with Gasteiger partial charge in [0.15, 0.2) is 0 Å². The Balaban J connectivity index is 2.03. The average molecular weight is 312 g/mol. The third kappa shape index (κ3) is 4.81. The van der Waals surface area contributed by atoms with Gasteiger partial charge in [-0.05, 0) is 34.2 Å². The van der Waals surface area contributed by atoms with E-state index in [1.54, 1.807) is 19.5 Å². The second-order valence-electron chi connectivity index (χ2n) is 6.60. The van der Waals surface area contributed by atoms with Gasteiger partial charge in [-0.15, -0.1) is 0 Å². The smallest absolute Gasteiger partial charge is 0.224 e. The summed E-state index contributed by atoms with van der Waals surface area (Å²) in [6.07, 6.45) is 3.83. The van der Waals surface area contributed by atoms with Crippen LogP contribution in [0.4, 0.5) is 0 Å². The summed E-state index contributed by atoms with van der Waals surface area (Å²) in [6, 6.07) is 9.74. The van der Waals surface area contributed by atoms with Gasteiger partial charge < -0.3 is 10.1 Å². The van der Waals surface area contributed by atoms with Crippen LogP contribution in [0.3, 0.4) is 0 Å². The van der Waals surface area contributed by atoms with Gasteiger partial charge in [-0.1, -0.05) is 39.0 Å². The molecule has 0 atom stereocenters. The van der Waals surface area contributed by atoms with E-state index < -0.39 is 0 Å². The Morgan fingerprint density at radius 3 is 2.61 bits per heavy atom. The van der Waals surface area contributed by atoms with E-state index in [1.807, 2.05) is 24.3 Å². The quantitative estimate of drug-likeness (QED) is 0.922. The van der Waals surface area contributed by atoms with Gasteiger partial charge >= 0.3 is 0 Å². The van der Waals surface area contributed by atoms with Crippen LogP contribution in [0.2, 0.25) is 0 Å². The normalized spacial score (nSPS) is 11.1. The van der Waals surface area contributed by atoms with E-state index in [9.17, 15) is 4.79 Å². The number of carbonyl (C=O) groups is 1. The number of hydrogen-bond acceptors (Lipinski definition) is 3. The summed E-state index contributed by atoms with van der Waals surface area (Å²) in [5.74, 6) is 0.857. The zero-order valence-corrected chi connectivity index (χ0v) is 14.2. The standard InChI is InChI=1S/C19H24N2O2/c1-19(2,3)16-10-14(7-8-17(16)23-4)11-18(22)21-13-15-6-5-9-20-12-15/h5-10,12H,11,13H2,1-4H3,(H,21,22). The summed E-state index contributed by atoms with van der Waals surface area (Å²) in [5, 5.41) is 2.92. The number of methoxy groups -OCH3 is 1. The molecule has 1 aromatic carbocycles. The highest BCUT2D eigenvalue weighted by Gasteiger charge is 2.19. The Morgan fingerprint density at radius 2 is 2.00 bits per heavy atom. The first-order valence-electron chi connectivity index (χ1n) is 7.73. The van der Waals surface area contributed by atoms with Gasteiger partial charge in [0.2, 0.25) is 5.91 Å². The summed E-state index contributed by atoms with van der Waals surface area (Å²) in [5.41, 5.74) is 3.05. The molecule has 0 bridgehead atoms. The topological polar surface area (TPSA) is 51.2 Å². The highest BCUT2D eigenvalue weighted by atomic mass is 16.5. The Kier molecular flexibility index (Phi) is 5.37. The van der Waals surface area contributed by atoms with Crippen LogP contribution in [0.1, 0.15) is 37.5 Å². The number of amides is 1. The van der Waals surface area contributed by atoms with E-state index in [4.69, 9.17) is 4.74 Å². The molecule has 1 aromatic heterocycles. The number of ether oxygens (including phenoxy) is 1. The molecule has 0 aliphatic carbocycles. The van der Waals surface area contributed by atoms with Crippen molar-refractivity contribution in [1.29, 1.82) is 0 Å². The molecular weight excluding hydrogens is 288 g/mol. The zero-order valence-electron chi connectivity index (χ0n) is 14.2. The fourth-order valence-electron chi connectivity index (χ4n) is 2.40. The lowest BCUT2D eigenvalue weighted by Crippen LogP contribution is -2.25. The maximum atomic E-state index is 12.1. The molecular formula is C19H24N2O2. The molecule has 2 rings (SSSR count). The predicted octanol–water partition coefficient (Wildman–Crippen LogP) is 3.25. The molecule has 1 heterocycles. The van der Waals surface area contributed by atoms with Gasteiger partial charge in [-0.3, -0.25) is 9.78 Å². The van der Waals surface area contributed by atoms with E-state index in [-0.39, 0.29) is 11.3 Å². The molecule has 0 saturated carbocycles. The number of benzene rings is 1. The predicted molar refractivity (Wildman–Crippen MR) is 91.5 cm³/mol. The van der Waals surface area contributed by atoms with Gasteiger partial charge in [-0.2, -0.15) is 0 Å². The average Bonchev–Trinajstić information content (AvgIpc) is 2.53. The van der Waals surface area contributed by atoms with Crippen LogP contribution in [0.25, 0.3) is 0 Å². The van der Waals surface area contributed by atoms with Crippen molar-refractivity contribution in [3.63, 3.8) is 0 Å². The van der Waals surface area contributed by atoms with Crippen LogP contribution >= 0.6 is 0 Å². The second kappa shape index (κ2) is 7.27. The van der Waals surface area contributed by atoms with Crippen LogP contribution in [-0.2, 0) is 23.2 Å². The Hall–Kier alpha value is -2.36. The van der Waals surface area contributed by atoms with E-state index in [2.05, 4.69) is 37.1 Å². The van der Waals surface area contributed by atoms with Gasteiger partial charge in [0, 0.05) is 18.9 Å². The first kappa shape index (κ1) is 17.0. The van der Waals surface area contributed by atoms with E-state index in [1.165, 1.54) is 0 Å². The summed E-state index contributed by atoms with van der Waals surface area (Å²) in [6.45, 7) is 6.90. The minimum absolute atomic E-state index is 0.00104. The monoisotopic (exact) mass is 312 g/mol. The van der Waals surface area contributed by atoms with Crippen LogP contribution in [0.5, 0.6) is 5.75 Å². The molecule has 0 saturated heterocycles. The summed E-state index contributed by atoms with van der Waals surface area (Å²) in [4.78, 5) is 16.2. The number of rotatable bonds is 5. The van der Waals surface area contributed by atoms with E-state index in [0.29, 0.717) is 13.0 Å². The van der Waals surface area contributed by atoms with Crippen molar-refractivity contribution in [1.82, 2.24) is 10.3 Å². The van der Waals surface area contributed by atoms with Gasteiger partial charge in [0.25, 0.3) is 0 Å². The fraction of sp³-hybridized carbons (Fsp3) is 0.368. The Bertz CT molecular complexity index is 661. The van der Waals surface area contributed by atoms with Gasteiger partial charge in [0.05, 0.1) is 13.5 Å². The van der Waals surface area contributed by atoms with Gasteiger partial charge in [0.1, 0.15) is 5.75 Å². The number of nitrogens with one attached hydrogen (secondary N) is 1. The number of nitrogens with zero attached hydrogens (tertiary/aromatic N) is 1. The van der Waals surface area contributed by atoms with E-state index >= 15 is 0 Å². The molecule has 1 amide bonds. The van der Waals surface area contributed by atoms with E-state index in [0.717, 1.165) is 22.4 Å². The highest BCUT2D eigenvalue weighted by Crippen LogP contribution is 2.32. The molecule has 1 N–H and O–H groups in total. The molecule has 23 heavy (non-hydrogen) atoms. The van der Waals surface area contributed by atoms with Crippen molar-refractivity contribution < 1.29 is 9.53 Å². The van der Waals surface area contributed by atoms with Crippen molar-refractivity contribution in [2.75, 3.05) is 7.11 Å². The molecule has 0 aliphatic rings. The number of pyridine rings is 1. The molecule has 0 aliphatic heterocycles. The van der Waals surface area contributed by atoms with Crippen LogP contribution in [0, 0.1) is 0 Å². The lowest BCUT2D eigenvalue weighted by atomic mass is 9.85. The minimum Gasteiger partial charge on any atom is -0.496 e. The molecule has 4 heteroatoms. The van der Waals surface area contributed by atoms with Crippen molar-refractivity contribution >= 4 is 5.91 Å². The van der Waals surface area contributed by atoms with Crippen molar-refractivity contribution in [2.24, 2.45) is 0 Å². The van der Waals surface area contributed by atoms with Crippen LogP contribution in [-0.4, -0.2) is 18.0 Å². The lowest BCUT2D eigenvalue weighted by Gasteiger charge is -2.23. The SMILES string of the molecule is COc1ccc(CC(=O)NCc2cccnc2)cc1C(C)(C)C. The second-order valence-corrected chi connectivity index (χ2v) is 6.60. The lowest BCUT2D eigenvalue weighted by molar-refractivity contribution is -0.120. The Morgan fingerprint density at radius 1 is 1.22 bits per heavy atom. The van der Waals surface area contributed by atoms with Crippen molar-refractivity contribution in [3.05, 3.63) is 59.4 Å². The third-order valence-corrected chi connectivity index (χ3v) is 3.65. The molecule has 122 valence electrons. The maximum absolute atomic E-state index is 12.1. The molecule has 0 unspecified atom stereocenters. The first-order valence-corrected chi connectivity index (χ1v) is 7.73. The Labute approximate surface area is 137 Å². The summed E-state index contributed by atoms with van der Waals surface area (Å²) < 4.78 is 5.43. The van der Waals surface area contributed by atoms with Gasteiger partial charge in [-0.25, -0.2) is 0 Å². The molecule has 2 aromatic rings. The number of hydrogen-bond donors (Lipinski definition) is 1. The first-order chi connectivity index (χ1) is 10.9. The van der Waals surface area contributed by atoms with Crippen LogP contribution < -0.4 is 10.1 Å². The number of carbonyl (C=O) groups excluding carboxylic acids is 1. The van der Waals surface area contributed by atoms with Crippen LogP contribution in [0.15, 0.2) is 42.7 Å². The maximum Gasteiger partial charge on any atom is 0.224 e. The molecule has 0 fully saturated rings. The minimum atomic E-state index is -0.0342. The molecule has 0 spiro atoms. The molecule has 0 radical (unpaired) electrons. The third-order valence-electron chi connectivity index (χ3n) is 3.65. The summed E-state index contributed by atoms with van der Waals surface area (Å²) in [7, 11) is 1.67. The fourth-order valence-corrected chi connectivity index (χ4v) is 2.40. The summed E-state index contributed by atoms with van der Waals surface area (Å²) >= 11 is 0. The van der Waals surface area contributed by atoms with Crippen molar-refractivity contribution in [2.45, 2.75) is 39.2 Å². The zero-order chi connectivity index (χ0) is 16.9. The highest BCUT2D eigenvalue weighted by molar-refractivity contribution is 5.78. The largest absolute Gasteiger partial charge is 0.496 e. The molecule has 4 nitrogen and oxygen atoms in total. The number of aromatic nitrogens is 1.